The number of rotatable bonds is 5. The Balaban J connectivity index is 1.78. The molecule has 156 valence electrons. The lowest BCUT2D eigenvalue weighted by Crippen LogP contribution is -2.44. The Kier molecular flexibility index (Phi) is 6.31. The fourth-order valence-electron chi connectivity index (χ4n) is 3.49. The number of amides is 1. The summed E-state index contributed by atoms with van der Waals surface area (Å²) in [6.45, 7) is 3.88. The molecule has 1 aliphatic heterocycles. The molecular weight excluding hydrogens is 398 g/mol. The Morgan fingerprint density at radius 3 is 2.76 bits per heavy atom. The highest BCUT2D eigenvalue weighted by Crippen LogP contribution is 2.29. The standard InChI is InChI=1S/C19H23N3O6S/c1-10-6-4-5-7-22(10)13(23)9-28-14(24)8-12-15-17(25)20-11(2)21-18(15)29-16(12)19(26)27-3/h10H,4-9H2,1-3H3,(H,20,21,25)/t10-/m1/s1. The smallest absolute Gasteiger partial charge is 0.348 e. The molecule has 3 heterocycles. The summed E-state index contributed by atoms with van der Waals surface area (Å²) in [6, 6.07) is 0.120. The number of carbonyl (C=O) groups is 3. The van der Waals surface area contributed by atoms with Gasteiger partial charge in [0.25, 0.3) is 11.5 Å². The number of esters is 2. The summed E-state index contributed by atoms with van der Waals surface area (Å²) in [7, 11) is 1.22. The van der Waals surface area contributed by atoms with E-state index in [1.54, 1.807) is 11.8 Å². The Morgan fingerprint density at radius 2 is 2.07 bits per heavy atom. The van der Waals surface area contributed by atoms with E-state index in [2.05, 4.69) is 9.97 Å². The Hall–Kier alpha value is -2.75. The topological polar surface area (TPSA) is 119 Å². The van der Waals surface area contributed by atoms with Crippen molar-refractivity contribution in [3.05, 3.63) is 26.6 Å². The van der Waals surface area contributed by atoms with Crippen molar-refractivity contribution >= 4 is 39.4 Å². The molecule has 1 saturated heterocycles. The van der Waals surface area contributed by atoms with Crippen LogP contribution in [0.4, 0.5) is 0 Å². The summed E-state index contributed by atoms with van der Waals surface area (Å²) in [5.41, 5.74) is -0.241. The van der Waals surface area contributed by atoms with E-state index < -0.39 is 17.5 Å². The van der Waals surface area contributed by atoms with Crippen LogP contribution in [0.25, 0.3) is 10.2 Å². The first-order chi connectivity index (χ1) is 13.8. The Labute approximate surface area is 171 Å². The molecule has 0 bridgehead atoms. The van der Waals surface area contributed by atoms with Crippen LogP contribution in [0.5, 0.6) is 0 Å². The van der Waals surface area contributed by atoms with E-state index in [-0.39, 0.29) is 40.8 Å². The molecule has 1 aliphatic rings. The van der Waals surface area contributed by atoms with Crippen molar-refractivity contribution in [1.82, 2.24) is 14.9 Å². The van der Waals surface area contributed by atoms with Crippen molar-refractivity contribution in [1.29, 1.82) is 0 Å². The molecule has 0 saturated carbocycles. The number of hydrogen-bond acceptors (Lipinski definition) is 8. The summed E-state index contributed by atoms with van der Waals surface area (Å²) in [4.78, 5) is 58.2. The van der Waals surface area contributed by atoms with Crippen LogP contribution >= 0.6 is 11.3 Å². The first-order valence-electron chi connectivity index (χ1n) is 9.37. The molecule has 1 atom stereocenters. The third kappa shape index (κ3) is 4.47. The summed E-state index contributed by atoms with van der Waals surface area (Å²) in [5.74, 6) is -1.21. The summed E-state index contributed by atoms with van der Waals surface area (Å²) in [5, 5.41) is 0.161. The van der Waals surface area contributed by atoms with Crippen LogP contribution in [-0.4, -0.2) is 59.0 Å². The number of aromatic nitrogens is 2. The molecule has 1 N–H and O–H groups in total. The maximum absolute atomic E-state index is 12.4. The van der Waals surface area contributed by atoms with Gasteiger partial charge in [0.05, 0.1) is 18.9 Å². The van der Waals surface area contributed by atoms with Crippen LogP contribution < -0.4 is 5.56 Å². The average Bonchev–Trinajstić information content (AvgIpc) is 3.04. The molecule has 29 heavy (non-hydrogen) atoms. The highest BCUT2D eigenvalue weighted by molar-refractivity contribution is 7.20. The van der Waals surface area contributed by atoms with Crippen molar-refractivity contribution < 1.29 is 23.9 Å². The zero-order chi connectivity index (χ0) is 21.1. The van der Waals surface area contributed by atoms with Gasteiger partial charge < -0.3 is 19.4 Å². The van der Waals surface area contributed by atoms with Gasteiger partial charge in [0.1, 0.15) is 15.5 Å². The minimum absolute atomic E-state index is 0.120. The van der Waals surface area contributed by atoms with Gasteiger partial charge in [-0.15, -0.1) is 11.3 Å². The predicted molar refractivity (Wildman–Crippen MR) is 106 cm³/mol. The molecule has 2 aromatic heterocycles. The van der Waals surface area contributed by atoms with Crippen LogP contribution in [0.2, 0.25) is 0 Å². The fourth-order valence-corrected chi connectivity index (χ4v) is 4.65. The molecule has 1 amide bonds. The quantitative estimate of drug-likeness (QED) is 0.728. The van der Waals surface area contributed by atoms with Gasteiger partial charge in [-0.05, 0) is 33.1 Å². The van der Waals surface area contributed by atoms with Crippen molar-refractivity contribution in [3.63, 3.8) is 0 Å². The molecule has 0 unspecified atom stereocenters. The lowest BCUT2D eigenvalue weighted by molar-refractivity contribution is -0.152. The zero-order valence-electron chi connectivity index (χ0n) is 16.6. The first-order valence-corrected chi connectivity index (χ1v) is 10.2. The SMILES string of the molecule is COC(=O)c1sc2nc(C)[nH]c(=O)c2c1CC(=O)OCC(=O)N1CCCC[C@H]1C. The molecule has 1 fully saturated rings. The van der Waals surface area contributed by atoms with Gasteiger partial charge in [-0.2, -0.15) is 0 Å². The van der Waals surface area contributed by atoms with Crippen LogP contribution in [0.1, 0.15) is 47.2 Å². The summed E-state index contributed by atoms with van der Waals surface area (Å²) >= 11 is 0.986. The number of piperidine rings is 1. The van der Waals surface area contributed by atoms with Crippen molar-refractivity contribution in [2.24, 2.45) is 0 Å². The molecule has 3 rings (SSSR count). The van der Waals surface area contributed by atoms with Gasteiger partial charge in [-0.25, -0.2) is 9.78 Å². The number of H-pyrrole nitrogens is 1. The first kappa shape index (κ1) is 21.0. The van der Waals surface area contributed by atoms with Crippen LogP contribution in [0.15, 0.2) is 4.79 Å². The minimum atomic E-state index is -0.701. The van der Waals surface area contributed by atoms with Crippen molar-refractivity contribution in [3.8, 4) is 0 Å². The Morgan fingerprint density at radius 1 is 1.31 bits per heavy atom. The summed E-state index contributed by atoms with van der Waals surface area (Å²) < 4.78 is 9.92. The molecule has 0 aliphatic carbocycles. The molecule has 0 radical (unpaired) electrons. The van der Waals surface area contributed by atoms with E-state index in [0.717, 1.165) is 30.6 Å². The second kappa shape index (κ2) is 8.73. The third-order valence-corrected chi connectivity index (χ3v) is 6.06. The third-order valence-electron chi connectivity index (χ3n) is 4.95. The monoisotopic (exact) mass is 421 g/mol. The van der Waals surface area contributed by atoms with Crippen molar-refractivity contribution in [2.75, 3.05) is 20.3 Å². The van der Waals surface area contributed by atoms with E-state index >= 15 is 0 Å². The van der Waals surface area contributed by atoms with Crippen LogP contribution in [-0.2, 0) is 25.5 Å². The largest absolute Gasteiger partial charge is 0.465 e. The molecule has 9 nitrogen and oxygen atoms in total. The van der Waals surface area contributed by atoms with Gasteiger partial charge in [0.2, 0.25) is 0 Å². The number of hydrogen-bond donors (Lipinski definition) is 1. The van der Waals surface area contributed by atoms with Crippen molar-refractivity contribution in [2.45, 2.75) is 45.6 Å². The van der Waals surface area contributed by atoms with E-state index in [0.29, 0.717) is 17.2 Å². The van der Waals surface area contributed by atoms with Crippen LogP contribution in [0.3, 0.4) is 0 Å². The lowest BCUT2D eigenvalue weighted by Gasteiger charge is -2.33. The van der Waals surface area contributed by atoms with E-state index in [9.17, 15) is 19.2 Å². The highest BCUT2D eigenvalue weighted by Gasteiger charge is 2.27. The van der Waals surface area contributed by atoms with E-state index in [1.807, 2.05) is 6.92 Å². The number of carbonyl (C=O) groups excluding carboxylic acids is 3. The van der Waals surface area contributed by atoms with E-state index in [1.165, 1.54) is 7.11 Å². The number of aromatic amines is 1. The molecule has 10 heteroatoms. The highest BCUT2D eigenvalue weighted by atomic mass is 32.1. The molecular formula is C19H23N3O6S. The lowest BCUT2D eigenvalue weighted by atomic mass is 10.0. The number of likely N-dealkylation sites (tertiary alicyclic amines) is 1. The van der Waals surface area contributed by atoms with Gasteiger partial charge in [-0.3, -0.25) is 14.4 Å². The number of fused-ring (bicyclic) bond motifs is 1. The second-order valence-corrected chi connectivity index (χ2v) is 8.00. The second-order valence-electron chi connectivity index (χ2n) is 7.00. The number of ether oxygens (including phenoxy) is 2. The zero-order valence-corrected chi connectivity index (χ0v) is 17.4. The maximum atomic E-state index is 12.4. The molecule has 0 aromatic carbocycles. The normalized spacial score (nSPS) is 16.7. The number of nitrogens with zero attached hydrogens (tertiary/aromatic N) is 2. The van der Waals surface area contributed by atoms with Gasteiger partial charge in [-0.1, -0.05) is 0 Å². The number of nitrogens with one attached hydrogen (secondary N) is 1. The molecule has 2 aromatic rings. The molecule has 0 spiro atoms. The van der Waals surface area contributed by atoms with Gasteiger partial charge >= 0.3 is 11.9 Å². The Bertz CT molecular complexity index is 1010. The summed E-state index contributed by atoms with van der Waals surface area (Å²) in [6.07, 6.45) is 2.61. The van der Waals surface area contributed by atoms with Gasteiger partial charge in [0.15, 0.2) is 6.61 Å². The van der Waals surface area contributed by atoms with Crippen LogP contribution in [0, 0.1) is 6.92 Å². The number of aryl methyl sites for hydroxylation is 1. The number of thiophene rings is 1. The fraction of sp³-hybridized carbons (Fsp3) is 0.526. The predicted octanol–water partition coefficient (Wildman–Crippen LogP) is 1.57. The number of methoxy groups -OCH3 is 1. The minimum Gasteiger partial charge on any atom is -0.465 e. The van der Waals surface area contributed by atoms with Gasteiger partial charge in [0, 0.05) is 18.2 Å². The average molecular weight is 421 g/mol. The maximum Gasteiger partial charge on any atom is 0.348 e. The van der Waals surface area contributed by atoms with E-state index in [4.69, 9.17) is 9.47 Å².